The Morgan fingerprint density at radius 1 is 1.25 bits per heavy atom. The Labute approximate surface area is 167 Å². The van der Waals surface area contributed by atoms with E-state index in [0.717, 1.165) is 18.0 Å². The molecule has 1 fully saturated rings. The number of hydrogen-bond acceptors (Lipinski definition) is 5. The maximum absolute atomic E-state index is 12.4. The van der Waals surface area contributed by atoms with Crippen LogP contribution in [0.2, 0.25) is 0 Å². The predicted octanol–water partition coefficient (Wildman–Crippen LogP) is 0.729. The minimum atomic E-state index is -0.187. The summed E-state index contributed by atoms with van der Waals surface area (Å²) >= 11 is 1.45. The van der Waals surface area contributed by atoms with Gasteiger partial charge in [-0.05, 0) is 24.8 Å². The quantitative estimate of drug-likeness (QED) is 0.689. The van der Waals surface area contributed by atoms with Gasteiger partial charge in [0.25, 0.3) is 5.56 Å². The predicted molar refractivity (Wildman–Crippen MR) is 107 cm³/mol. The monoisotopic (exact) mass is 403 g/mol. The molecule has 1 aliphatic rings. The van der Waals surface area contributed by atoms with Crippen LogP contribution in [0.5, 0.6) is 0 Å². The van der Waals surface area contributed by atoms with Crippen molar-refractivity contribution in [3.8, 4) is 0 Å². The van der Waals surface area contributed by atoms with Crippen LogP contribution in [0.15, 0.2) is 46.7 Å². The first kappa shape index (κ1) is 20.2. The first-order valence-electron chi connectivity index (χ1n) is 9.33. The number of amides is 2. The molecule has 150 valence electrons. The number of pyridine rings is 1. The van der Waals surface area contributed by atoms with Gasteiger partial charge < -0.3 is 19.4 Å². The van der Waals surface area contributed by atoms with E-state index in [9.17, 15) is 14.4 Å². The Balaban J connectivity index is 1.36. The van der Waals surface area contributed by atoms with E-state index in [0.29, 0.717) is 31.3 Å². The molecule has 0 atom stereocenters. The fourth-order valence-corrected chi connectivity index (χ4v) is 3.99. The maximum Gasteiger partial charge on any atom is 0.250 e. The first-order valence-corrected chi connectivity index (χ1v) is 10.3. The van der Waals surface area contributed by atoms with Crippen LogP contribution in [0.1, 0.15) is 12.8 Å². The molecule has 0 spiro atoms. The Kier molecular flexibility index (Phi) is 6.91. The van der Waals surface area contributed by atoms with Gasteiger partial charge in [0.1, 0.15) is 6.54 Å². The Bertz CT molecular complexity index is 870. The van der Waals surface area contributed by atoms with Crippen LogP contribution < -0.4 is 10.9 Å². The summed E-state index contributed by atoms with van der Waals surface area (Å²) in [5.74, 6) is 0.692. The molecular formula is C19H25N5O3S. The lowest BCUT2D eigenvalue weighted by molar-refractivity contribution is -0.130. The van der Waals surface area contributed by atoms with Crippen LogP contribution in [-0.2, 0) is 23.2 Å². The third kappa shape index (κ3) is 5.48. The number of carbonyl (C=O) groups is 2. The van der Waals surface area contributed by atoms with Gasteiger partial charge in [0.2, 0.25) is 11.8 Å². The molecule has 0 bridgehead atoms. The van der Waals surface area contributed by atoms with E-state index in [-0.39, 0.29) is 23.9 Å². The van der Waals surface area contributed by atoms with Gasteiger partial charge in [-0.25, -0.2) is 4.98 Å². The number of imidazole rings is 1. The van der Waals surface area contributed by atoms with Crippen molar-refractivity contribution in [2.24, 2.45) is 13.0 Å². The largest absolute Gasteiger partial charge is 0.354 e. The molecule has 1 aliphatic heterocycles. The van der Waals surface area contributed by atoms with Crippen molar-refractivity contribution >= 4 is 23.6 Å². The zero-order chi connectivity index (χ0) is 19.9. The van der Waals surface area contributed by atoms with Crippen LogP contribution in [0.25, 0.3) is 0 Å². The summed E-state index contributed by atoms with van der Waals surface area (Å²) in [6.45, 7) is 2.02. The van der Waals surface area contributed by atoms with Crippen LogP contribution in [0.4, 0.5) is 0 Å². The molecule has 1 N–H and O–H groups in total. The molecule has 2 aromatic heterocycles. The lowest BCUT2D eigenvalue weighted by Crippen LogP contribution is -2.42. The molecule has 28 heavy (non-hydrogen) atoms. The van der Waals surface area contributed by atoms with E-state index in [1.165, 1.54) is 22.4 Å². The SMILES string of the molecule is Cn1ccnc1SCC(=O)N1CCC(CNC(=O)Cn2ccccc2=O)CC1. The summed E-state index contributed by atoms with van der Waals surface area (Å²) in [5.41, 5.74) is -0.187. The highest BCUT2D eigenvalue weighted by Crippen LogP contribution is 2.19. The summed E-state index contributed by atoms with van der Waals surface area (Å²) < 4.78 is 3.28. The van der Waals surface area contributed by atoms with Crippen LogP contribution in [0, 0.1) is 5.92 Å². The minimum Gasteiger partial charge on any atom is -0.354 e. The lowest BCUT2D eigenvalue weighted by Gasteiger charge is -2.32. The van der Waals surface area contributed by atoms with E-state index < -0.39 is 0 Å². The Morgan fingerprint density at radius 2 is 2.04 bits per heavy atom. The number of aryl methyl sites for hydroxylation is 1. The third-order valence-electron chi connectivity index (χ3n) is 4.87. The fraction of sp³-hybridized carbons (Fsp3) is 0.474. The van der Waals surface area contributed by atoms with Gasteiger partial charge in [0.05, 0.1) is 5.75 Å². The minimum absolute atomic E-state index is 0.0292. The molecule has 2 aromatic rings. The molecule has 3 heterocycles. The zero-order valence-corrected chi connectivity index (χ0v) is 16.7. The lowest BCUT2D eigenvalue weighted by atomic mass is 9.97. The van der Waals surface area contributed by atoms with Crippen molar-refractivity contribution in [3.63, 3.8) is 0 Å². The average Bonchev–Trinajstić information content (AvgIpc) is 3.11. The number of likely N-dealkylation sites (tertiary alicyclic amines) is 1. The summed E-state index contributed by atoms with van der Waals surface area (Å²) in [6.07, 6.45) is 6.92. The Morgan fingerprint density at radius 3 is 2.71 bits per heavy atom. The summed E-state index contributed by atoms with van der Waals surface area (Å²) in [6, 6.07) is 4.82. The standard InChI is InChI=1S/C19H25N5O3S/c1-22-11-7-20-19(22)28-14-18(27)23-9-5-15(6-10-23)12-21-16(25)13-24-8-3-2-4-17(24)26/h2-4,7-8,11,15H,5-6,9-10,12-14H2,1H3,(H,21,25). The second-order valence-corrected chi connectivity index (χ2v) is 7.85. The van der Waals surface area contributed by atoms with Crippen molar-refractivity contribution in [2.75, 3.05) is 25.4 Å². The molecule has 0 unspecified atom stereocenters. The molecule has 0 saturated carbocycles. The number of rotatable bonds is 7. The van der Waals surface area contributed by atoms with Gasteiger partial charge in [-0.2, -0.15) is 0 Å². The molecule has 1 saturated heterocycles. The van der Waals surface area contributed by atoms with Crippen LogP contribution in [0.3, 0.4) is 0 Å². The highest BCUT2D eigenvalue weighted by atomic mass is 32.2. The fourth-order valence-electron chi connectivity index (χ4n) is 3.16. The highest BCUT2D eigenvalue weighted by Gasteiger charge is 2.23. The Hall–Kier alpha value is -2.55. The van der Waals surface area contributed by atoms with E-state index >= 15 is 0 Å². The second kappa shape index (κ2) is 9.59. The molecule has 9 heteroatoms. The third-order valence-corrected chi connectivity index (χ3v) is 5.91. The van der Waals surface area contributed by atoms with Crippen LogP contribution >= 0.6 is 11.8 Å². The number of carbonyl (C=O) groups excluding carboxylic acids is 2. The van der Waals surface area contributed by atoms with Gasteiger partial charge in [-0.3, -0.25) is 14.4 Å². The molecule has 0 aromatic carbocycles. The summed E-state index contributed by atoms with van der Waals surface area (Å²) in [7, 11) is 1.91. The summed E-state index contributed by atoms with van der Waals surface area (Å²) in [4.78, 5) is 42.2. The average molecular weight is 404 g/mol. The molecule has 3 rings (SSSR count). The molecule has 0 aliphatic carbocycles. The molecule has 0 radical (unpaired) electrons. The van der Waals surface area contributed by atoms with Gasteiger partial charge in [0.15, 0.2) is 5.16 Å². The number of aromatic nitrogens is 3. The van der Waals surface area contributed by atoms with Crippen molar-refractivity contribution < 1.29 is 9.59 Å². The second-order valence-electron chi connectivity index (χ2n) is 6.90. The van der Waals surface area contributed by atoms with Crippen molar-refractivity contribution in [1.82, 2.24) is 24.3 Å². The zero-order valence-electron chi connectivity index (χ0n) is 15.9. The summed E-state index contributed by atoms with van der Waals surface area (Å²) in [5, 5.41) is 3.74. The van der Waals surface area contributed by atoms with Crippen molar-refractivity contribution in [1.29, 1.82) is 0 Å². The maximum atomic E-state index is 12.4. The number of nitrogens with zero attached hydrogens (tertiary/aromatic N) is 4. The topological polar surface area (TPSA) is 89.2 Å². The molecule has 2 amide bonds. The number of thioether (sulfide) groups is 1. The van der Waals surface area contributed by atoms with Gasteiger partial charge in [-0.15, -0.1) is 0 Å². The highest BCUT2D eigenvalue weighted by molar-refractivity contribution is 7.99. The van der Waals surface area contributed by atoms with E-state index in [1.807, 2.05) is 22.7 Å². The van der Waals surface area contributed by atoms with E-state index in [2.05, 4.69) is 10.3 Å². The van der Waals surface area contributed by atoms with E-state index in [4.69, 9.17) is 0 Å². The molecule has 8 nitrogen and oxygen atoms in total. The number of piperidine rings is 1. The van der Waals surface area contributed by atoms with E-state index in [1.54, 1.807) is 24.5 Å². The number of nitrogens with one attached hydrogen (secondary N) is 1. The normalized spacial score (nSPS) is 14.8. The van der Waals surface area contributed by atoms with Crippen LogP contribution in [-0.4, -0.2) is 56.2 Å². The first-order chi connectivity index (χ1) is 13.5. The smallest absolute Gasteiger partial charge is 0.250 e. The molecular weight excluding hydrogens is 378 g/mol. The number of hydrogen-bond donors (Lipinski definition) is 1. The van der Waals surface area contributed by atoms with Crippen molar-refractivity contribution in [3.05, 3.63) is 47.1 Å². The van der Waals surface area contributed by atoms with Gasteiger partial charge in [0, 0.05) is 51.3 Å². The van der Waals surface area contributed by atoms with Gasteiger partial charge in [-0.1, -0.05) is 17.8 Å². The van der Waals surface area contributed by atoms with Crippen molar-refractivity contribution in [2.45, 2.75) is 24.5 Å². The van der Waals surface area contributed by atoms with Gasteiger partial charge >= 0.3 is 0 Å².